The molecular weight excluding hydrogens is 141 g/mol. The minimum Gasteiger partial charge on any atom is -0.344 e. The van der Waals surface area contributed by atoms with Gasteiger partial charge in [-0.25, -0.2) is 4.39 Å². The van der Waals surface area contributed by atoms with Gasteiger partial charge >= 0.3 is 0 Å². The predicted molar refractivity (Wildman–Crippen MR) is 47.7 cm³/mol. The zero-order valence-electron chi connectivity index (χ0n) is 7.24. The van der Waals surface area contributed by atoms with Crippen LogP contribution >= 0.6 is 0 Å². The van der Waals surface area contributed by atoms with E-state index in [9.17, 15) is 4.39 Å². The van der Waals surface area contributed by atoms with Gasteiger partial charge in [0.1, 0.15) is 5.82 Å². The Morgan fingerprint density at radius 3 is 2.18 bits per heavy atom. The summed E-state index contributed by atoms with van der Waals surface area (Å²) in [7, 11) is 0. The average Bonchev–Trinajstić information content (AvgIpc) is 1.82. The number of rotatable bonds is 0. The number of benzene rings is 1. The first-order valence-electron chi connectivity index (χ1n) is 3.34. The lowest BCUT2D eigenvalue weighted by molar-refractivity contribution is 0.615. The third-order valence-corrected chi connectivity index (χ3v) is 1.75. The summed E-state index contributed by atoms with van der Waals surface area (Å²) in [6.45, 7) is 5.62. The first-order chi connectivity index (χ1) is 4.61. The standard InChI is InChI=1S/C9H11F.H3N.H2/c1-6-4-7(2)8(3)9(10)5-6;;/h4-5H,1-3H3;1H3;1H. The minimum absolute atomic E-state index is 0. The van der Waals surface area contributed by atoms with E-state index in [1.165, 1.54) is 0 Å². The van der Waals surface area contributed by atoms with Gasteiger partial charge in [0, 0.05) is 1.43 Å². The van der Waals surface area contributed by atoms with E-state index in [-0.39, 0.29) is 13.4 Å². The molecule has 0 aromatic heterocycles. The molecule has 1 rings (SSSR count). The normalized spacial score (nSPS) is 9.09. The molecular formula is C9H16FN. The van der Waals surface area contributed by atoms with Crippen molar-refractivity contribution in [1.82, 2.24) is 6.15 Å². The van der Waals surface area contributed by atoms with Crippen LogP contribution in [0.5, 0.6) is 0 Å². The van der Waals surface area contributed by atoms with Crippen molar-refractivity contribution in [2.24, 2.45) is 0 Å². The first-order valence-corrected chi connectivity index (χ1v) is 3.34. The third-order valence-electron chi connectivity index (χ3n) is 1.75. The van der Waals surface area contributed by atoms with Gasteiger partial charge in [-0.3, -0.25) is 0 Å². The summed E-state index contributed by atoms with van der Waals surface area (Å²) in [5.41, 5.74) is 2.77. The maximum Gasteiger partial charge on any atom is 0.126 e. The van der Waals surface area contributed by atoms with Gasteiger partial charge in [0.25, 0.3) is 0 Å². The zero-order chi connectivity index (χ0) is 7.72. The van der Waals surface area contributed by atoms with Crippen molar-refractivity contribution >= 4 is 0 Å². The van der Waals surface area contributed by atoms with E-state index in [0.29, 0.717) is 0 Å². The van der Waals surface area contributed by atoms with Gasteiger partial charge in [-0.1, -0.05) is 6.07 Å². The fourth-order valence-corrected chi connectivity index (χ4v) is 0.988. The maximum absolute atomic E-state index is 12.8. The van der Waals surface area contributed by atoms with Crippen LogP contribution in [-0.2, 0) is 0 Å². The third kappa shape index (κ3) is 2.02. The molecule has 0 atom stereocenters. The second-order valence-electron chi connectivity index (χ2n) is 2.69. The molecule has 1 aromatic carbocycles. The molecule has 0 aliphatic carbocycles. The van der Waals surface area contributed by atoms with Crippen LogP contribution in [0.4, 0.5) is 4.39 Å². The fraction of sp³-hybridized carbons (Fsp3) is 0.333. The molecule has 0 aliphatic heterocycles. The van der Waals surface area contributed by atoms with E-state index in [4.69, 9.17) is 0 Å². The van der Waals surface area contributed by atoms with Crippen LogP contribution in [0.3, 0.4) is 0 Å². The Morgan fingerprint density at radius 1 is 1.18 bits per heavy atom. The molecule has 0 bridgehead atoms. The number of aryl methyl sites for hydroxylation is 2. The molecule has 0 saturated carbocycles. The fourth-order valence-electron chi connectivity index (χ4n) is 0.988. The van der Waals surface area contributed by atoms with Crippen molar-refractivity contribution in [3.05, 3.63) is 34.6 Å². The topological polar surface area (TPSA) is 35.0 Å². The smallest absolute Gasteiger partial charge is 0.126 e. The molecule has 0 heterocycles. The van der Waals surface area contributed by atoms with Gasteiger partial charge in [-0.05, 0) is 43.5 Å². The highest BCUT2D eigenvalue weighted by Crippen LogP contribution is 2.13. The van der Waals surface area contributed by atoms with Gasteiger partial charge in [-0.2, -0.15) is 0 Å². The largest absolute Gasteiger partial charge is 0.344 e. The molecule has 1 aromatic rings. The Hall–Kier alpha value is -0.890. The van der Waals surface area contributed by atoms with Crippen LogP contribution in [0, 0.1) is 26.6 Å². The van der Waals surface area contributed by atoms with Crippen LogP contribution in [0.2, 0.25) is 0 Å². The Bertz CT molecular complexity index is 238. The summed E-state index contributed by atoms with van der Waals surface area (Å²) in [6.07, 6.45) is 0. The summed E-state index contributed by atoms with van der Waals surface area (Å²) >= 11 is 0. The number of halogens is 1. The van der Waals surface area contributed by atoms with Crippen molar-refractivity contribution in [2.75, 3.05) is 0 Å². The van der Waals surface area contributed by atoms with E-state index >= 15 is 0 Å². The summed E-state index contributed by atoms with van der Waals surface area (Å²) in [6, 6.07) is 3.54. The van der Waals surface area contributed by atoms with E-state index in [2.05, 4.69) is 0 Å². The lowest BCUT2D eigenvalue weighted by Crippen LogP contribution is -1.87. The highest BCUT2D eigenvalue weighted by molar-refractivity contribution is 5.30. The van der Waals surface area contributed by atoms with E-state index in [1.807, 2.05) is 19.9 Å². The van der Waals surface area contributed by atoms with Crippen LogP contribution in [-0.4, -0.2) is 0 Å². The molecule has 0 radical (unpaired) electrons. The molecule has 0 spiro atoms. The molecule has 2 heteroatoms. The molecule has 0 amide bonds. The minimum atomic E-state index is -0.0995. The molecule has 1 nitrogen and oxygen atoms in total. The Balaban J connectivity index is 0. The maximum atomic E-state index is 12.8. The van der Waals surface area contributed by atoms with Gasteiger partial charge in [0.2, 0.25) is 0 Å². The molecule has 11 heavy (non-hydrogen) atoms. The molecule has 64 valence electrons. The van der Waals surface area contributed by atoms with Crippen LogP contribution in [0.1, 0.15) is 18.1 Å². The van der Waals surface area contributed by atoms with Crippen molar-refractivity contribution in [2.45, 2.75) is 20.8 Å². The second kappa shape index (κ2) is 3.49. The first kappa shape index (κ1) is 10.1. The molecule has 3 N–H and O–H groups in total. The predicted octanol–water partition coefficient (Wildman–Crippen LogP) is 3.16. The van der Waals surface area contributed by atoms with Gasteiger partial charge in [0.05, 0.1) is 0 Å². The van der Waals surface area contributed by atoms with Gasteiger partial charge < -0.3 is 6.15 Å². The van der Waals surface area contributed by atoms with Crippen LogP contribution in [0.25, 0.3) is 0 Å². The highest BCUT2D eigenvalue weighted by Gasteiger charge is 1.99. The van der Waals surface area contributed by atoms with Crippen molar-refractivity contribution < 1.29 is 5.82 Å². The summed E-state index contributed by atoms with van der Waals surface area (Å²) in [4.78, 5) is 0. The SMILES string of the molecule is Cc1cc(C)c(C)c(F)c1.N.[HH]. The van der Waals surface area contributed by atoms with Crippen molar-refractivity contribution in [1.29, 1.82) is 0 Å². The van der Waals surface area contributed by atoms with Gasteiger partial charge in [0.15, 0.2) is 0 Å². The summed E-state index contributed by atoms with van der Waals surface area (Å²) in [5, 5.41) is 0. The van der Waals surface area contributed by atoms with E-state index < -0.39 is 0 Å². The van der Waals surface area contributed by atoms with E-state index in [0.717, 1.165) is 16.7 Å². The van der Waals surface area contributed by atoms with Crippen molar-refractivity contribution in [3.8, 4) is 0 Å². The quantitative estimate of drug-likeness (QED) is 0.616. The van der Waals surface area contributed by atoms with Crippen molar-refractivity contribution in [3.63, 3.8) is 0 Å². The Kier molecular flexibility index (Phi) is 3.20. The molecule has 0 aliphatic rings. The van der Waals surface area contributed by atoms with E-state index in [1.54, 1.807) is 13.0 Å². The summed E-state index contributed by atoms with van der Waals surface area (Å²) in [5.74, 6) is -0.0995. The average molecular weight is 157 g/mol. The Morgan fingerprint density at radius 2 is 1.73 bits per heavy atom. The van der Waals surface area contributed by atoms with Gasteiger partial charge in [-0.15, -0.1) is 0 Å². The number of hydrogen-bond acceptors (Lipinski definition) is 1. The number of hydrogen-bond donors (Lipinski definition) is 1. The second-order valence-corrected chi connectivity index (χ2v) is 2.69. The molecule has 0 fully saturated rings. The summed E-state index contributed by atoms with van der Waals surface area (Å²) < 4.78 is 12.8. The molecule has 0 saturated heterocycles. The van der Waals surface area contributed by atoms with Crippen LogP contribution < -0.4 is 6.15 Å². The zero-order valence-corrected chi connectivity index (χ0v) is 7.24. The monoisotopic (exact) mass is 157 g/mol. The highest BCUT2D eigenvalue weighted by atomic mass is 19.1. The lowest BCUT2D eigenvalue weighted by Gasteiger charge is -2.01. The molecule has 0 unspecified atom stereocenters. The lowest BCUT2D eigenvalue weighted by atomic mass is 10.1. The van der Waals surface area contributed by atoms with Crippen LogP contribution in [0.15, 0.2) is 12.1 Å². The Labute approximate surface area is 68.3 Å².